The number of nitrogens with two attached hydrogens (primary N) is 1. The molecule has 0 saturated carbocycles. The topological polar surface area (TPSA) is 58.9 Å². The Labute approximate surface area is 76.6 Å². The van der Waals surface area contributed by atoms with Crippen molar-refractivity contribution in [1.29, 1.82) is 0 Å². The number of anilines is 1. The number of rotatable bonds is 1. The smallest absolute Gasteiger partial charge is 0.164 e. The number of fused-ring (bicyclic) bond motifs is 1. The van der Waals surface area contributed by atoms with E-state index in [4.69, 9.17) is 5.73 Å². The maximum atomic E-state index is 11.4. The SMILES string of the molecule is CCC1C(=O)C=Cc2cc(N)[nH]c21. The molecule has 3 heteroatoms. The number of nitrogens with one attached hydrogen (secondary N) is 1. The zero-order valence-electron chi connectivity index (χ0n) is 7.50. The lowest BCUT2D eigenvalue weighted by atomic mass is 9.90. The third-order valence-electron chi connectivity index (χ3n) is 2.43. The fraction of sp³-hybridized carbons (Fsp3) is 0.300. The van der Waals surface area contributed by atoms with E-state index >= 15 is 0 Å². The Morgan fingerprint density at radius 2 is 2.31 bits per heavy atom. The fourth-order valence-corrected chi connectivity index (χ4v) is 1.77. The molecule has 0 amide bonds. The minimum absolute atomic E-state index is 0.0303. The van der Waals surface area contributed by atoms with Crippen molar-refractivity contribution < 1.29 is 4.79 Å². The van der Waals surface area contributed by atoms with Crippen molar-refractivity contribution in [2.24, 2.45) is 0 Å². The molecule has 1 heterocycles. The summed E-state index contributed by atoms with van der Waals surface area (Å²) in [4.78, 5) is 14.5. The summed E-state index contributed by atoms with van der Waals surface area (Å²) in [5, 5.41) is 0. The normalized spacial score (nSPS) is 20.4. The van der Waals surface area contributed by atoms with E-state index in [0.717, 1.165) is 17.7 Å². The maximum Gasteiger partial charge on any atom is 0.164 e. The number of ketones is 1. The molecule has 0 radical (unpaired) electrons. The second-order valence-electron chi connectivity index (χ2n) is 3.29. The van der Waals surface area contributed by atoms with Crippen molar-refractivity contribution in [2.45, 2.75) is 19.3 Å². The number of hydrogen-bond donors (Lipinski definition) is 2. The Morgan fingerprint density at radius 3 is 3.00 bits per heavy atom. The molecule has 0 fully saturated rings. The minimum atomic E-state index is -0.0303. The first kappa shape index (κ1) is 8.10. The molecule has 0 aromatic carbocycles. The molecule has 0 saturated heterocycles. The van der Waals surface area contributed by atoms with Crippen LogP contribution in [0.2, 0.25) is 0 Å². The molecule has 1 aromatic heterocycles. The largest absolute Gasteiger partial charge is 0.385 e. The lowest BCUT2D eigenvalue weighted by Gasteiger charge is -2.14. The molecule has 0 aliphatic heterocycles. The van der Waals surface area contributed by atoms with Crippen LogP contribution in [-0.2, 0) is 4.79 Å². The van der Waals surface area contributed by atoms with Crippen LogP contribution < -0.4 is 5.73 Å². The Balaban J connectivity index is 2.52. The standard InChI is InChI=1S/C10H12N2O/c1-2-7-8(13)4-3-6-5-9(11)12-10(6)7/h3-5,7,12H,2,11H2,1H3. The average molecular weight is 176 g/mol. The molecule has 1 aromatic rings. The van der Waals surface area contributed by atoms with E-state index in [1.807, 2.05) is 19.1 Å². The van der Waals surface area contributed by atoms with Gasteiger partial charge in [0.05, 0.1) is 5.92 Å². The molecule has 1 aliphatic rings. The van der Waals surface area contributed by atoms with Gasteiger partial charge in [-0.15, -0.1) is 0 Å². The molecule has 13 heavy (non-hydrogen) atoms. The second kappa shape index (κ2) is 2.76. The molecule has 3 N–H and O–H groups in total. The molecule has 1 unspecified atom stereocenters. The van der Waals surface area contributed by atoms with Gasteiger partial charge in [0, 0.05) is 5.69 Å². The third-order valence-corrected chi connectivity index (χ3v) is 2.43. The highest BCUT2D eigenvalue weighted by Gasteiger charge is 2.24. The summed E-state index contributed by atoms with van der Waals surface area (Å²) < 4.78 is 0. The second-order valence-corrected chi connectivity index (χ2v) is 3.29. The Morgan fingerprint density at radius 1 is 1.54 bits per heavy atom. The number of aromatic amines is 1. The lowest BCUT2D eigenvalue weighted by molar-refractivity contribution is -0.116. The number of H-pyrrole nitrogens is 1. The number of carbonyl (C=O) groups is 1. The van der Waals surface area contributed by atoms with Gasteiger partial charge in [-0.05, 0) is 30.2 Å². The van der Waals surface area contributed by atoms with Gasteiger partial charge in [0.15, 0.2) is 5.78 Å². The van der Waals surface area contributed by atoms with Crippen LogP contribution in [0.1, 0.15) is 30.5 Å². The van der Waals surface area contributed by atoms with Gasteiger partial charge < -0.3 is 10.7 Å². The minimum Gasteiger partial charge on any atom is -0.385 e. The third kappa shape index (κ3) is 1.16. The number of aromatic nitrogens is 1. The van der Waals surface area contributed by atoms with Crippen LogP contribution in [0, 0.1) is 0 Å². The summed E-state index contributed by atoms with van der Waals surface area (Å²) in [6.07, 6.45) is 4.26. The van der Waals surface area contributed by atoms with Gasteiger partial charge in [0.2, 0.25) is 0 Å². The highest BCUT2D eigenvalue weighted by molar-refractivity contribution is 6.01. The number of hydrogen-bond acceptors (Lipinski definition) is 2. The highest BCUT2D eigenvalue weighted by Crippen LogP contribution is 2.30. The van der Waals surface area contributed by atoms with Crippen molar-refractivity contribution in [2.75, 3.05) is 5.73 Å². The van der Waals surface area contributed by atoms with Gasteiger partial charge >= 0.3 is 0 Å². The van der Waals surface area contributed by atoms with E-state index in [1.165, 1.54) is 0 Å². The van der Waals surface area contributed by atoms with Crippen LogP contribution in [0.3, 0.4) is 0 Å². The summed E-state index contributed by atoms with van der Waals surface area (Å²) >= 11 is 0. The predicted octanol–water partition coefficient (Wildman–Crippen LogP) is 1.69. The summed E-state index contributed by atoms with van der Waals surface area (Å²) in [5.74, 6) is 0.761. The molecular formula is C10H12N2O. The predicted molar refractivity (Wildman–Crippen MR) is 52.3 cm³/mol. The number of allylic oxidation sites excluding steroid dienone is 1. The van der Waals surface area contributed by atoms with E-state index in [2.05, 4.69) is 4.98 Å². The summed E-state index contributed by atoms with van der Waals surface area (Å²) in [7, 11) is 0. The molecular weight excluding hydrogens is 164 g/mol. The lowest BCUT2D eigenvalue weighted by Crippen LogP contribution is -2.13. The van der Waals surface area contributed by atoms with Crippen LogP contribution in [0.4, 0.5) is 5.82 Å². The van der Waals surface area contributed by atoms with Crippen molar-refractivity contribution in [1.82, 2.24) is 4.98 Å². The van der Waals surface area contributed by atoms with E-state index in [1.54, 1.807) is 6.08 Å². The van der Waals surface area contributed by atoms with Crippen LogP contribution in [-0.4, -0.2) is 10.8 Å². The molecule has 1 atom stereocenters. The van der Waals surface area contributed by atoms with Crippen molar-refractivity contribution >= 4 is 17.7 Å². The van der Waals surface area contributed by atoms with Crippen molar-refractivity contribution in [3.8, 4) is 0 Å². The van der Waals surface area contributed by atoms with Crippen LogP contribution in [0.15, 0.2) is 12.1 Å². The van der Waals surface area contributed by atoms with Crippen molar-refractivity contribution in [3.05, 3.63) is 23.4 Å². The zero-order chi connectivity index (χ0) is 9.42. The first-order valence-corrected chi connectivity index (χ1v) is 4.42. The van der Waals surface area contributed by atoms with Gasteiger partial charge in [-0.1, -0.05) is 6.92 Å². The van der Waals surface area contributed by atoms with E-state index in [-0.39, 0.29) is 11.7 Å². The molecule has 0 spiro atoms. The molecule has 0 bridgehead atoms. The fourth-order valence-electron chi connectivity index (χ4n) is 1.77. The van der Waals surface area contributed by atoms with Gasteiger partial charge in [0.1, 0.15) is 5.82 Å². The first-order chi connectivity index (χ1) is 6.22. The maximum absolute atomic E-state index is 11.4. The quantitative estimate of drug-likeness (QED) is 0.684. The Bertz CT molecular complexity index is 376. The van der Waals surface area contributed by atoms with Crippen LogP contribution in [0.25, 0.3) is 6.08 Å². The van der Waals surface area contributed by atoms with Crippen molar-refractivity contribution in [3.63, 3.8) is 0 Å². The van der Waals surface area contributed by atoms with Gasteiger partial charge in [-0.3, -0.25) is 4.79 Å². The van der Waals surface area contributed by atoms with E-state index < -0.39 is 0 Å². The summed E-state index contributed by atoms with van der Waals surface area (Å²) in [6.45, 7) is 2.00. The number of nitrogen functional groups attached to an aromatic ring is 1. The van der Waals surface area contributed by atoms with Crippen LogP contribution >= 0.6 is 0 Å². The first-order valence-electron chi connectivity index (χ1n) is 4.42. The summed E-state index contributed by atoms with van der Waals surface area (Å²) in [5.41, 5.74) is 7.63. The Hall–Kier alpha value is -1.51. The monoisotopic (exact) mass is 176 g/mol. The number of carbonyl (C=O) groups excluding carboxylic acids is 1. The molecule has 1 aliphatic carbocycles. The summed E-state index contributed by atoms with van der Waals surface area (Å²) in [6, 6.07) is 1.86. The van der Waals surface area contributed by atoms with Crippen LogP contribution in [0.5, 0.6) is 0 Å². The van der Waals surface area contributed by atoms with E-state index in [0.29, 0.717) is 5.82 Å². The molecule has 3 nitrogen and oxygen atoms in total. The van der Waals surface area contributed by atoms with E-state index in [9.17, 15) is 4.79 Å². The molecule has 68 valence electrons. The van der Waals surface area contributed by atoms with Gasteiger partial charge in [-0.25, -0.2) is 0 Å². The average Bonchev–Trinajstić information content (AvgIpc) is 2.45. The van der Waals surface area contributed by atoms with Gasteiger partial charge in [0.25, 0.3) is 0 Å². The zero-order valence-corrected chi connectivity index (χ0v) is 7.50. The highest BCUT2D eigenvalue weighted by atomic mass is 16.1. The Kier molecular flexibility index (Phi) is 1.72. The molecule has 2 rings (SSSR count). The van der Waals surface area contributed by atoms with Gasteiger partial charge in [-0.2, -0.15) is 0 Å².